The number of aryl methyl sites for hydroxylation is 1. The molecular weight excluding hydrogens is 366 g/mol. The monoisotopic (exact) mass is 391 g/mol. The summed E-state index contributed by atoms with van der Waals surface area (Å²) in [7, 11) is 0. The van der Waals surface area contributed by atoms with Crippen LogP contribution in [0.15, 0.2) is 59.5 Å². The van der Waals surface area contributed by atoms with Crippen LogP contribution >= 0.6 is 0 Å². The number of furan rings is 1. The highest BCUT2D eigenvalue weighted by molar-refractivity contribution is 5.94. The minimum atomic E-state index is -0.392. The fourth-order valence-electron chi connectivity index (χ4n) is 4.91. The number of likely N-dealkylation sites (tertiary alicyclic amines) is 1. The number of aromatic nitrogens is 2. The zero-order chi connectivity index (χ0) is 20.0. The van der Waals surface area contributed by atoms with Gasteiger partial charge in [-0.25, -0.2) is 4.98 Å². The molecule has 1 saturated heterocycles. The normalized spacial score (nSPS) is 26.5. The summed E-state index contributed by atoms with van der Waals surface area (Å²) in [6.45, 7) is 3.39. The third-order valence-electron chi connectivity index (χ3n) is 6.46. The van der Waals surface area contributed by atoms with Crippen molar-refractivity contribution in [3.8, 4) is 11.3 Å². The average Bonchev–Trinajstić information content (AvgIpc) is 3.47. The van der Waals surface area contributed by atoms with Gasteiger partial charge in [0.25, 0.3) is 5.91 Å². The van der Waals surface area contributed by atoms with Crippen molar-refractivity contribution in [2.75, 3.05) is 13.1 Å². The van der Waals surface area contributed by atoms with Crippen molar-refractivity contribution in [1.82, 2.24) is 14.5 Å². The smallest absolute Gasteiger partial charge is 0.253 e. The molecule has 0 spiro atoms. The van der Waals surface area contributed by atoms with Crippen molar-refractivity contribution in [3.05, 3.63) is 66.4 Å². The standard InChI is InChI=1S/C23H25N3O3/c1-15-2-7-22(29-15)16-3-5-17(6-4-16)23(28)26-12-18-10-20(25-9-8-24-14-25)21(27)11-19(18)13-26/h2-9,14,18-21,27H,10-13H2,1H3/t18-,19+,20-,21-/m1/s1. The molecule has 4 atom stereocenters. The molecule has 2 fully saturated rings. The van der Waals surface area contributed by atoms with Gasteiger partial charge in [-0.15, -0.1) is 0 Å². The molecular formula is C23H25N3O3. The Morgan fingerprint density at radius 3 is 2.52 bits per heavy atom. The highest BCUT2D eigenvalue weighted by Gasteiger charge is 2.43. The second kappa shape index (κ2) is 7.19. The molecule has 1 aromatic carbocycles. The number of aliphatic hydroxyl groups excluding tert-OH is 1. The van der Waals surface area contributed by atoms with Gasteiger partial charge in [0.05, 0.1) is 18.5 Å². The Morgan fingerprint density at radius 2 is 1.86 bits per heavy atom. The Labute approximate surface area is 169 Å². The predicted molar refractivity (Wildman–Crippen MR) is 108 cm³/mol. The number of nitrogens with zero attached hydrogens (tertiary/aromatic N) is 3. The van der Waals surface area contributed by atoms with Crippen LogP contribution in [0, 0.1) is 18.8 Å². The molecule has 0 unspecified atom stereocenters. The van der Waals surface area contributed by atoms with Crippen LogP contribution in [-0.2, 0) is 0 Å². The molecule has 5 rings (SSSR count). The van der Waals surface area contributed by atoms with Crippen LogP contribution in [0.3, 0.4) is 0 Å². The van der Waals surface area contributed by atoms with Crippen LogP contribution in [0.4, 0.5) is 0 Å². The van der Waals surface area contributed by atoms with Crippen LogP contribution < -0.4 is 0 Å². The molecule has 2 aliphatic rings. The van der Waals surface area contributed by atoms with Crippen molar-refractivity contribution >= 4 is 5.91 Å². The van der Waals surface area contributed by atoms with Crippen molar-refractivity contribution in [2.24, 2.45) is 11.8 Å². The highest BCUT2D eigenvalue weighted by Crippen LogP contribution is 2.41. The topological polar surface area (TPSA) is 71.5 Å². The summed E-state index contributed by atoms with van der Waals surface area (Å²) in [4.78, 5) is 19.1. The van der Waals surface area contributed by atoms with Gasteiger partial charge in [-0.1, -0.05) is 12.1 Å². The zero-order valence-electron chi connectivity index (χ0n) is 16.4. The lowest BCUT2D eigenvalue weighted by molar-refractivity contribution is 0.0357. The number of rotatable bonds is 3. The van der Waals surface area contributed by atoms with E-state index in [4.69, 9.17) is 4.42 Å². The summed E-state index contributed by atoms with van der Waals surface area (Å²) in [5, 5.41) is 10.6. The van der Waals surface area contributed by atoms with Gasteiger partial charge in [0, 0.05) is 36.6 Å². The fraction of sp³-hybridized carbons (Fsp3) is 0.391. The fourth-order valence-corrected chi connectivity index (χ4v) is 4.91. The van der Waals surface area contributed by atoms with E-state index < -0.39 is 6.10 Å². The quantitative estimate of drug-likeness (QED) is 0.741. The third kappa shape index (κ3) is 3.38. The average molecular weight is 391 g/mol. The largest absolute Gasteiger partial charge is 0.461 e. The molecule has 0 bridgehead atoms. The van der Waals surface area contributed by atoms with Crippen LogP contribution in [0.25, 0.3) is 11.3 Å². The van der Waals surface area contributed by atoms with Crippen molar-refractivity contribution < 1.29 is 14.3 Å². The van der Waals surface area contributed by atoms with Gasteiger partial charge in [0.15, 0.2) is 0 Å². The van der Waals surface area contributed by atoms with Gasteiger partial charge in [-0.3, -0.25) is 4.79 Å². The maximum atomic E-state index is 13.1. The molecule has 29 heavy (non-hydrogen) atoms. The van der Waals surface area contributed by atoms with Gasteiger partial charge >= 0.3 is 0 Å². The first kappa shape index (κ1) is 18.2. The van der Waals surface area contributed by atoms with E-state index in [-0.39, 0.29) is 11.9 Å². The first-order chi connectivity index (χ1) is 14.1. The molecule has 1 saturated carbocycles. The Morgan fingerprint density at radius 1 is 1.10 bits per heavy atom. The number of imidazole rings is 1. The van der Waals surface area contributed by atoms with E-state index in [0.717, 1.165) is 43.0 Å². The van der Waals surface area contributed by atoms with E-state index >= 15 is 0 Å². The number of hydrogen-bond acceptors (Lipinski definition) is 4. The van der Waals surface area contributed by atoms with Gasteiger partial charge in [-0.05, 0) is 55.9 Å². The predicted octanol–water partition coefficient (Wildman–Crippen LogP) is 3.54. The third-order valence-corrected chi connectivity index (χ3v) is 6.46. The molecule has 2 aromatic heterocycles. The minimum absolute atomic E-state index is 0.0461. The van der Waals surface area contributed by atoms with Crippen molar-refractivity contribution in [3.63, 3.8) is 0 Å². The molecule has 150 valence electrons. The number of amides is 1. The molecule has 6 heteroatoms. The van der Waals surface area contributed by atoms with Crippen LogP contribution in [-0.4, -0.2) is 44.7 Å². The van der Waals surface area contributed by atoms with Gasteiger partial charge in [0.2, 0.25) is 0 Å². The summed E-state index contributed by atoms with van der Waals surface area (Å²) >= 11 is 0. The Kier molecular flexibility index (Phi) is 4.51. The van der Waals surface area contributed by atoms with E-state index in [2.05, 4.69) is 4.98 Å². The number of benzene rings is 1. The lowest BCUT2D eigenvalue weighted by Crippen LogP contribution is -2.35. The molecule has 1 N–H and O–H groups in total. The summed E-state index contributed by atoms with van der Waals surface area (Å²) in [5.41, 5.74) is 1.67. The molecule has 6 nitrogen and oxygen atoms in total. The molecule has 3 heterocycles. The van der Waals surface area contributed by atoms with Crippen molar-refractivity contribution in [1.29, 1.82) is 0 Å². The molecule has 1 aliphatic carbocycles. The second-order valence-corrected chi connectivity index (χ2v) is 8.33. The Hall–Kier alpha value is -2.86. The molecule has 0 radical (unpaired) electrons. The molecule has 3 aromatic rings. The lowest BCUT2D eigenvalue weighted by Gasteiger charge is -2.35. The maximum absolute atomic E-state index is 13.1. The highest BCUT2D eigenvalue weighted by atomic mass is 16.3. The summed E-state index contributed by atoms with van der Waals surface area (Å²) < 4.78 is 7.66. The first-order valence-electron chi connectivity index (χ1n) is 10.2. The Balaban J connectivity index is 1.28. The molecule has 1 amide bonds. The summed E-state index contributed by atoms with van der Waals surface area (Å²) in [6, 6.07) is 11.6. The van der Waals surface area contributed by atoms with Crippen LogP contribution in [0.1, 0.15) is 35.0 Å². The maximum Gasteiger partial charge on any atom is 0.253 e. The van der Waals surface area contributed by atoms with Gasteiger partial charge in [-0.2, -0.15) is 0 Å². The number of aliphatic hydroxyl groups is 1. The SMILES string of the molecule is Cc1ccc(-c2ccc(C(=O)N3C[C@H]4C[C@@H](n5ccnc5)[C@H](O)C[C@H]4C3)cc2)o1. The van der Waals surface area contributed by atoms with Crippen LogP contribution in [0.5, 0.6) is 0 Å². The second-order valence-electron chi connectivity index (χ2n) is 8.33. The number of carbonyl (C=O) groups excluding carboxylic acids is 1. The van der Waals surface area contributed by atoms with E-state index in [1.807, 2.05) is 59.0 Å². The number of carbonyl (C=O) groups is 1. The van der Waals surface area contributed by atoms with E-state index in [1.165, 1.54) is 0 Å². The van der Waals surface area contributed by atoms with E-state index in [0.29, 0.717) is 17.4 Å². The van der Waals surface area contributed by atoms with E-state index in [1.54, 1.807) is 12.5 Å². The number of fused-ring (bicyclic) bond motifs is 1. The van der Waals surface area contributed by atoms with Crippen LogP contribution in [0.2, 0.25) is 0 Å². The summed E-state index contributed by atoms with van der Waals surface area (Å²) in [6.07, 6.45) is 6.65. The minimum Gasteiger partial charge on any atom is -0.461 e. The first-order valence-corrected chi connectivity index (χ1v) is 10.2. The van der Waals surface area contributed by atoms with Gasteiger partial charge in [0.1, 0.15) is 11.5 Å². The Bertz CT molecular complexity index is 993. The van der Waals surface area contributed by atoms with E-state index in [9.17, 15) is 9.90 Å². The van der Waals surface area contributed by atoms with Crippen molar-refractivity contribution in [2.45, 2.75) is 31.9 Å². The molecule has 1 aliphatic heterocycles. The lowest BCUT2D eigenvalue weighted by atomic mass is 9.77. The zero-order valence-corrected chi connectivity index (χ0v) is 16.4. The summed E-state index contributed by atoms with van der Waals surface area (Å²) in [5.74, 6) is 2.53. The van der Waals surface area contributed by atoms with Gasteiger partial charge < -0.3 is 19.0 Å². The number of hydrogen-bond donors (Lipinski definition) is 1.